The number of hydrogen-bond donors (Lipinski definition) is 0. The molecule has 15 heavy (non-hydrogen) atoms. The van der Waals surface area contributed by atoms with E-state index >= 15 is 0 Å². The number of nitrogens with zero attached hydrogens (tertiary/aromatic N) is 2. The molecule has 1 aromatic carbocycles. The van der Waals surface area contributed by atoms with Crippen LogP contribution >= 0.6 is 0 Å². The molecule has 2 heteroatoms. The predicted octanol–water partition coefficient (Wildman–Crippen LogP) is 2.96. The van der Waals surface area contributed by atoms with E-state index in [0.717, 1.165) is 5.69 Å². The van der Waals surface area contributed by atoms with E-state index in [1.807, 2.05) is 18.2 Å². The van der Waals surface area contributed by atoms with E-state index in [-0.39, 0.29) is 0 Å². The Bertz CT molecular complexity index is 461. The van der Waals surface area contributed by atoms with Gasteiger partial charge in [0.15, 0.2) is 0 Å². The first-order valence-electron chi connectivity index (χ1n) is 4.85. The molecule has 1 aromatic heterocycles. The zero-order valence-corrected chi connectivity index (χ0v) is 8.59. The van der Waals surface area contributed by atoms with Gasteiger partial charge in [0, 0.05) is 12.4 Å². The second-order valence-electron chi connectivity index (χ2n) is 3.38. The van der Waals surface area contributed by atoms with E-state index in [1.165, 1.54) is 11.1 Å². The molecule has 0 aliphatic heterocycles. The lowest BCUT2D eigenvalue weighted by Crippen LogP contribution is -1.80. The Labute approximate surface area is 89.3 Å². The van der Waals surface area contributed by atoms with E-state index in [1.54, 1.807) is 18.6 Å². The molecule has 0 amide bonds. The fourth-order valence-electron chi connectivity index (χ4n) is 1.35. The van der Waals surface area contributed by atoms with Crippen LogP contribution in [0.2, 0.25) is 0 Å². The monoisotopic (exact) mass is 196 g/mol. The highest BCUT2D eigenvalue weighted by Gasteiger charge is 1.88. The van der Waals surface area contributed by atoms with Gasteiger partial charge >= 0.3 is 0 Å². The van der Waals surface area contributed by atoms with Crippen molar-refractivity contribution in [2.75, 3.05) is 0 Å². The van der Waals surface area contributed by atoms with Gasteiger partial charge in [0.05, 0.1) is 11.9 Å². The smallest absolute Gasteiger partial charge is 0.0813 e. The van der Waals surface area contributed by atoms with Crippen LogP contribution in [0.5, 0.6) is 0 Å². The van der Waals surface area contributed by atoms with Crippen molar-refractivity contribution >= 4 is 12.2 Å². The van der Waals surface area contributed by atoms with Crippen molar-refractivity contribution in [2.24, 2.45) is 0 Å². The van der Waals surface area contributed by atoms with Gasteiger partial charge in [-0.2, -0.15) is 0 Å². The van der Waals surface area contributed by atoms with Crippen LogP contribution in [-0.2, 0) is 0 Å². The summed E-state index contributed by atoms with van der Waals surface area (Å²) in [5, 5.41) is 0. The average molecular weight is 196 g/mol. The van der Waals surface area contributed by atoms with Gasteiger partial charge in [0.1, 0.15) is 0 Å². The molecule has 2 rings (SSSR count). The van der Waals surface area contributed by atoms with Gasteiger partial charge in [-0.05, 0) is 18.6 Å². The molecule has 0 aliphatic carbocycles. The van der Waals surface area contributed by atoms with Crippen LogP contribution in [0.1, 0.15) is 16.8 Å². The van der Waals surface area contributed by atoms with Crippen LogP contribution < -0.4 is 0 Å². The summed E-state index contributed by atoms with van der Waals surface area (Å²) in [5.74, 6) is 0. The largest absolute Gasteiger partial charge is 0.261 e. The topological polar surface area (TPSA) is 25.8 Å². The summed E-state index contributed by atoms with van der Waals surface area (Å²) in [6.45, 7) is 2.08. The summed E-state index contributed by atoms with van der Waals surface area (Å²) in [5.41, 5.74) is 3.32. The minimum atomic E-state index is 0.874. The van der Waals surface area contributed by atoms with Gasteiger partial charge in [-0.1, -0.05) is 35.9 Å². The Balaban J connectivity index is 2.19. The second kappa shape index (κ2) is 4.51. The maximum absolute atomic E-state index is 4.17. The summed E-state index contributed by atoms with van der Waals surface area (Å²) in [6.07, 6.45) is 9.10. The molecule has 1 heterocycles. The normalized spacial score (nSPS) is 10.7. The van der Waals surface area contributed by atoms with Crippen LogP contribution in [0.25, 0.3) is 12.2 Å². The van der Waals surface area contributed by atoms with Crippen molar-refractivity contribution in [1.29, 1.82) is 0 Å². The van der Waals surface area contributed by atoms with E-state index in [2.05, 4.69) is 35.1 Å². The Morgan fingerprint density at radius 3 is 2.80 bits per heavy atom. The van der Waals surface area contributed by atoms with Crippen molar-refractivity contribution in [3.05, 3.63) is 59.7 Å². The fourth-order valence-corrected chi connectivity index (χ4v) is 1.35. The highest BCUT2D eigenvalue weighted by atomic mass is 14.7. The van der Waals surface area contributed by atoms with Crippen LogP contribution in [0.15, 0.2) is 42.9 Å². The molecule has 2 aromatic rings. The molecule has 0 atom stereocenters. The minimum Gasteiger partial charge on any atom is -0.261 e. The van der Waals surface area contributed by atoms with E-state index in [9.17, 15) is 0 Å². The van der Waals surface area contributed by atoms with Crippen molar-refractivity contribution in [3.8, 4) is 0 Å². The SMILES string of the molecule is Cc1cccc(C=Cc2cnccn2)c1. The first-order valence-corrected chi connectivity index (χ1v) is 4.85. The van der Waals surface area contributed by atoms with E-state index in [4.69, 9.17) is 0 Å². The van der Waals surface area contributed by atoms with Crippen molar-refractivity contribution in [2.45, 2.75) is 6.92 Å². The minimum absolute atomic E-state index is 0.874. The Morgan fingerprint density at radius 2 is 2.07 bits per heavy atom. The molecule has 0 unspecified atom stereocenters. The molecular formula is C13H12N2. The Hall–Kier alpha value is -1.96. The third kappa shape index (κ3) is 2.74. The fraction of sp³-hybridized carbons (Fsp3) is 0.0769. The first-order chi connectivity index (χ1) is 7.34. The summed E-state index contributed by atoms with van der Waals surface area (Å²) in [4.78, 5) is 8.17. The van der Waals surface area contributed by atoms with Gasteiger partial charge < -0.3 is 0 Å². The van der Waals surface area contributed by atoms with E-state index < -0.39 is 0 Å². The van der Waals surface area contributed by atoms with Gasteiger partial charge in [-0.3, -0.25) is 9.97 Å². The highest BCUT2D eigenvalue weighted by Crippen LogP contribution is 2.07. The van der Waals surface area contributed by atoms with Crippen molar-refractivity contribution < 1.29 is 0 Å². The summed E-state index contributed by atoms with van der Waals surface area (Å²) in [6, 6.07) is 8.33. The van der Waals surface area contributed by atoms with Crippen molar-refractivity contribution in [1.82, 2.24) is 9.97 Å². The molecule has 0 radical (unpaired) electrons. The van der Waals surface area contributed by atoms with Crippen LogP contribution in [0.4, 0.5) is 0 Å². The van der Waals surface area contributed by atoms with Crippen LogP contribution in [0, 0.1) is 6.92 Å². The lowest BCUT2D eigenvalue weighted by atomic mass is 10.1. The lowest BCUT2D eigenvalue weighted by molar-refractivity contribution is 1.18. The molecule has 0 N–H and O–H groups in total. The predicted molar refractivity (Wildman–Crippen MR) is 62.1 cm³/mol. The third-order valence-corrected chi connectivity index (χ3v) is 2.07. The number of rotatable bonds is 2. The summed E-state index contributed by atoms with van der Waals surface area (Å²) in [7, 11) is 0. The molecule has 0 aliphatic rings. The zero-order chi connectivity index (χ0) is 10.5. The maximum Gasteiger partial charge on any atom is 0.0813 e. The van der Waals surface area contributed by atoms with Gasteiger partial charge in [0.2, 0.25) is 0 Å². The highest BCUT2D eigenvalue weighted by molar-refractivity contribution is 5.67. The number of aromatic nitrogens is 2. The molecule has 0 saturated carbocycles. The quantitative estimate of drug-likeness (QED) is 0.738. The lowest BCUT2D eigenvalue weighted by Gasteiger charge is -1.95. The van der Waals surface area contributed by atoms with Gasteiger partial charge in [0.25, 0.3) is 0 Å². The summed E-state index contributed by atoms with van der Waals surface area (Å²) < 4.78 is 0. The maximum atomic E-state index is 4.17. The molecule has 0 bridgehead atoms. The van der Waals surface area contributed by atoms with Crippen molar-refractivity contribution in [3.63, 3.8) is 0 Å². The molecular weight excluding hydrogens is 184 g/mol. The molecule has 74 valence electrons. The molecule has 0 saturated heterocycles. The van der Waals surface area contributed by atoms with E-state index in [0.29, 0.717) is 0 Å². The summed E-state index contributed by atoms with van der Waals surface area (Å²) >= 11 is 0. The molecule has 2 nitrogen and oxygen atoms in total. The molecule has 0 spiro atoms. The second-order valence-corrected chi connectivity index (χ2v) is 3.38. The Morgan fingerprint density at radius 1 is 1.13 bits per heavy atom. The van der Waals surface area contributed by atoms with Gasteiger partial charge in [-0.25, -0.2) is 0 Å². The number of benzene rings is 1. The Kier molecular flexibility index (Phi) is 2.88. The van der Waals surface area contributed by atoms with Crippen LogP contribution in [-0.4, -0.2) is 9.97 Å². The number of aryl methyl sites for hydroxylation is 1. The first kappa shape index (κ1) is 9.59. The molecule has 0 fully saturated rings. The van der Waals surface area contributed by atoms with Gasteiger partial charge in [-0.15, -0.1) is 0 Å². The zero-order valence-electron chi connectivity index (χ0n) is 8.59. The standard InChI is InChI=1S/C13H12N2/c1-11-3-2-4-12(9-11)5-6-13-10-14-7-8-15-13/h2-10H,1H3. The van der Waals surface area contributed by atoms with Crippen LogP contribution in [0.3, 0.4) is 0 Å². The third-order valence-electron chi connectivity index (χ3n) is 2.07. The number of hydrogen-bond acceptors (Lipinski definition) is 2. The average Bonchev–Trinajstić information content (AvgIpc) is 2.28.